The lowest BCUT2D eigenvalue weighted by atomic mass is 10.00. The van der Waals surface area contributed by atoms with Crippen molar-refractivity contribution in [3.05, 3.63) is 12.2 Å². The Morgan fingerprint density at radius 2 is 2.21 bits per heavy atom. The van der Waals surface area contributed by atoms with E-state index in [4.69, 9.17) is 0 Å². The van der Waals surface area contributed by atoms with Gasteiger partial charge in [0.25, 0.3) is 0 Å². The second-order valence-corrected chi connectivity index (χ2v) is 4.23. The van der Waals surface area contributed by atoms with Gasteiger partial charge in [-0.15, -0.1) is 0 Å². The third-order valence-corrected chi connectivity index (χ3v) is 2.85. The summed E-state index contributed by atoms with van der Waals surface area (Å²) in [6, 6.07) is 1.17. The van der Waals surface area contributed by atoms with E-state index in [0.717, 1.165) is 6.29 Å². The fourth-order valence-corrected chi connectivity index (χ4v) is 2.12. The van der Waals surface area contributed by atoms with Gasteiger partial charge < -0.3 is 4.79 Å². The lowest BCUT2D eigenvalue weighted by molar-refractivity contribution is -0.107. The first-order valence-corrected chi connectivity index (χ1v) is 5.61. The fourth-order valence-electron chi connectivity index (χ4n) is 2.12. The van der Waals surface area contributed by atoms with Gasteiger partial charge in [-0.25, -0.2) is 0 Å². The van der Waals surface area contributed by atoms with Crippen LogP contribution >= 0.6 is 0 Å². The summed E-state index contributed by atoms with van der Waals surface area (Å²) in [6.07, 6.45) is 9.59. The van der Waals surface area contributed by atoms with E-state index in [1.807, 2.05) is 6.08 Å². The molecule has 1 rings (SSSR count). The van der Waals surface area contributed by atoms with Crippen LogP contribution in [-0.4, -0.2) is 29.8 Å². The molecule has 2 heteroatoms. The molecule has 0 aromatic rings. The Labute approximate surface area is 87.0 Å². The molecule has 14 heavy (non-hydrogen) atoms. The predicted octanol–water partition coefficient (Wildman–Crippen LogP) is 2.39. The molecule has 1 aliphatic heterocycles. The molecule has 0 aromatic heterocycles. The quantitative estimate of drug-likeness (QED) is 0.507. The van der Waals surface area contributed by atoms with Crippen LogP contribution in [0, 0.1) is 0 Å². The lowest BCUT2D eigenvalue weighted by Gasteiger charge is -2.37. The summed E-state index contributed by atoms with van der Waals surface area (Å²) in [7, 11) is 0. The van der Waals surface area contributed by atoms with E-state index < -0.39 is 0 Å². The summed E-state index contributed by atoms with van der Waals surface area (Å²) in [4.78, 5) is 12.7. The van der Waals surface area contributed by atoms with Crippen LogP contribution in [0.4, 0.5) is 0 Å². The summed E-state index contributed by atoms with van der Waals surface area (Å²) in [6.45, 7) is 5.69. The molecule has 0 bridgehead atoms. The number of hydrogen-bond donors (Lipinski definition) is 0. The second kappa shape index (κ2) is 5.97. The first kappa shape index (κ1) is 11.4. The fraction of sp³-hybridized carbons (Fsp3) is 0.750. The third-order valence-electron chi connectivity index (χ3n) is 2.85. The Hall–Kier alpha value is -0.630. The SMILES string of the molecule is CC(C)N1CCCCC1/C=C\CC=O. The van der Waals surface area contributed by atoms with Crippen molar-refractivity contribution in [1.82, 2.24) is 4.90 Å². The molecule has 0 spiro atoms. The highest BCUT2D eigenvalue weighted by molar-refractivity contribution is 5.51. The number of aldehydes is 1. The van der Waals surface area contributed by atoms with Crippen LogP contribution in [0.1, 0.15) is 39.5 Å². The largest absolute Gasteiger partial charge is 0.303 e. The molecular formula is C12H21NO. The van der Waals surface area contributed by atoms with Gasteiger partial charge in [-0.2, -0.15) is 0 Å². The van der Waals surface area contributed by atoms with E-state index in [9.17, 15) is 4.79 Å². The number of allylic oxidation sites excluding steroid dienone is 1. The molecule has 2 nitrogen and oxygen atoms in total. The Bertz CT molecular complexity index is 198. The first-order chi connectivity index (χ1) is 6.75. The molecule has 1 atom stereocenters. The maximum Gasteiger partial charge on any atom is 0.123 e. The third kappa shape index (κ3) is 3.26. The molecule has 1 aliphatic rings. The topological polar surface area (TPSA) is 20.3 Å². The minimum absolute atomic E-state index is 0.558. The normalized spacial score (nSPS) is 24.6. The predicted molar refractivity (Wildman–Crippen MR) is 59.3 cm³/mol. The van der Waals surface area contributed by atoms with Gasteiger partial charge in [-0.3, -0.25) is 4.90 Å². The van der Waals surface area contributed by atoms with Crippen LogP contribution in [0.2, 0.25) is 0 Å². The monoisotopic (exact) mass is 195 g/mol. The van der Waals surface area contributed by atoms with Crippen LogP contribution in [-0.2, 0) is 4.79 Å². The number of likely N-dealkylation sites (tertiary alicyclic amines) is 1. The molecular weight excluding hydrogens is 174 g/mol. The van der Waals surface area contributed by atoms with Gasteiger partial charge in [0.1, 0.15) is 6.29 Å². The van der Waals surface area contributed by atoms with Crippen LogP contribution < -0.4 is 0 Å². The molecule has 0 radical (unpaired) electrons. The zero-order valence-electron chi connectivity index (χ0n) is 9.28. The van der Waals surface area contributed by atoms with Crippen molar-refractivity contribution < 1.29 is 4.79 Å². The van der Waals surface area contributed by atoms with Gasteiger partial charge in [0.2, 0.25) is 0 Å². The van der Waals surface area contributed by atoms with Crippen LogP contribution in [0.25, 0.3) is 0 Å². The summed E-state index contributed by atoms with van der Waals surface area (Å²) in [5.74, 6) is 0. The van der Waals surface area contributed by atoms with E-state index in [1.165, 1.54) is 25.8 Å². The van der Waals surface area contributed by atoms with Crippen LogP contribution in [0.5, 0.6) is 0 Å². The van der Waals surface area contributed by atoms with E-state index >= 15 is 0 Å². The van der Waals surface area contributed by atoms with Crippen molar-refractivity contribution in [3.8, 4) is 0 Å². The highest BCUT2D eigenvalue weighted by atomic mass is 16.1. The number of hydrogen-bond acceptors (Lipinski definition) is 2. The molecule has 1 saturated heterocycles. The van der Waals surface area contributed by atoms with Crippen LogP contribution in [0.15, 0.2) is 12.2 Å². The van der Waals surface area contributed by atoms with Gasteiger partial charge in [-0.05, 0) is 33.2 Å². The van der Waals surface area contributed by atoms with E-state index in [0.29, 0.717) is 18.5 Å². The first-order valence-electron chi connectivity index (χ1n) is 5.61. The average Bonchev–Trinajstić information content (AvgIpc) is 2.19. The maximum absolute atomic E-state index is 10.2. The number of carbonyl (C=O) groups is 1. The number of piperidine rings is 1. The molecule has 0 saturated carbocycles. The highest BCUT2D eigenvalue weighted by Gasteiger charge is 2.21. The smallest absolute Gasteiger partial charge is 0.123 e. The van der Waals surface area contributed by atoms with E-state index in [2.05, 4.69) is 24.8 Å². The number of rotatable bonds is 4. The molecule has 0 amide bonds. The van der Waals surface area contributed by atoms with E-state index in [-0.39, 0.29) is 0 Å². The molecule has 1 heterocycles. The summed E-state index contributed by atoms with van der Waals surface area (Å²) < 4.78 is 0. The van der Waals surface area contributed by atoms with Crippen LogP contribution in [0.3, 0.4) is 0 Å². The highest BCUT2D eigenvalue weighted by Crippen LogP contribution is 2.20. The van der Waals surface area contributed by atoms with Gasteiger partial charge in [0.15, 0.2) is 0 Å². The standard InChI is InChI=1S/C12H21NO/c1-11(2)13-9-5-3-7-12(13)8-4-6-10-14/h4,8,10-12H,3,5-7,9H2,1-2H3/b8-4-. The number of nitrogens with zero attached hydrogens (tertiary/aromatic N) is 1. The van der Waals surface area contributed by atoms with Gasteiger partial charge in [-0.1, -0.05) is 18.6 Å². The zero-order chi connectivity index (χ0) is 10.4. The van der Waals surface area contributed by atoms with Gasteiger partial charge >= 0.3 is 0 Å². The lowest BCUT2D eigenvalue weighted by Crippen LogP contribution is -2.42. The summed E-state index contributed by atoms with van der Waals surface area (Å²) >= 11 is 0. The zero-order valence-corrected chi connectivity index (χ0v) is 9.28. The average molecular weight is 195 g/mol. The number of carbonyl (C=O) groups excluding carboxylic acids is 1. The Morgan fingerprint density at radius 1 is 1.43 bits per heavy atom. The van der Waals surface area contributed by atoms with E-state index in [1.54, 1.807) is 0 Å². The maximum atomic E-state index is 10.2. The van der Waals surface area contributed by atoms with Crippen molar-refractivity contribution in [3.63, 3.8) is 0 Å². The van der Waals surface area contributed by atoms with Crippen molar-refractivity contribution in [1.29, 1.82) is 0 Å². The van der Waals surface area contributed by atoms with Crippen molar-refractivity contribution in [2.45, 2.75) is 51.6 Å². The Balaban J connectivity index is 2.49. The molecule has 80 valence electrons. The minimum atomic E-state index is 0.558. The Kier molecular flexibility index (Phi) is 4.88. The second-order valence-electron chi connectivity index (χ2n) is 4.23. The summed E-state index contributed by atoms with van der Waals surface area (Å²) in [5, 5.41) is 0. The molecule has 0 aliphatic carbocycles. The van der Waals surface area contributed by atoms with Crippen molar-refractivity contribution >= 4 is 6.29 Å². The van der Waals surface area contributed by atoms with Gasteiger partial charge in [0.05, 0.1) is 0 Å². The molecule has 0 aromatic carbocycles. The molecule has 1 fully saturated rings. The van der Waals surface area contributed by atoms with Crippen molar-refractivity contribution in [2.24, 2.45) is 0 Å². The summed E-state index contributed by atoms with van der Waals surface area (Å²) in [5.41, 5.74) is 0. The molecule has 1 unspecified atom stereocenters. The van der Waals surface area contributed by atoms with Crippen molar-refractivity contribution in [2.75, 3.05) is 6.54 Å². The van der Waals surface area contributed by atoms with Gasteiger partial charge in [0, 0.05) is 18.5 Å². The minimum Gasteiger partial charge on any atom is -0.303 e. The Morgan fingerprint density at radius 3 is 2.86 bits per heavy atom. The molecule has 0 N–H and O–H groups in total.